The van der Waals surface area contributed by atoms with Crippen LogP contribution in [0.5, 0.6) is 5.75 Å². The third-order valence-corrected chi connectivity index (χ3v) is 3.00. The minimum absolute atomic E-state index is 0.0422. The van der Waals surface area contributed by atoms with Crippen LogP contribution in [0.2, 0.25) is 0 Å². The van der Waals surface area contributed by atoms with Crippen molar-refractivity contribution in [2.75, 3.05) is 19.7 Å². The summed E-state index contributed by atoms with van der Waals surface area (Å²) >= 11 is 0. The smallest absolute Gasteiger partial charge is 0.226 e. The van der Waals surface area contributed by atoms with E-state index in [1.165, 1.54) is 6.07 Å². The van der Waals surface area contributed by atoms with Gasteiger partial charge in [0.1, 0.15) is 12.0 Å². The second kappa shape index (κ2) is 5.32. The zero-order chi connectivity index (χ0) is 14.0. The Kier molecular flexibility index (Phi) is 3.93. The van der Waals surface area contributed by atoms with Gasteiger partial charge in [-0.05, 0) is 13.8 Å². The molecule has 19 heavy (non-hydrogen) atoms. The third kappa shape index (κ3) is 3.56. The molecule has 6 heteroatoms. The Morgan fingerprint density at radius 3 is 2.89 bits per heavy atom. The summed E-state index contributed by atoms with van der Waals surface area (Å²) in [7, 11) is 0. The first kappa shape index (κ1) is 14.0. The summed E-state index contributed by atoms with van der Waals surface area (Å²) in [6.45, 7) is 5.56. The SMILES string of the molecule is CC1(C)CN(Cc2cc(=O)c(O)co2)CC(CO)O1. The lowest BCUT2D eigenvalue weighted by molar-refractivity contribution is -0.151. The Morgan fingerprint density at radius 2 is 2.26 bits per heavy atom. The summed E-state index contributed by atoms with van der Waals surface area (Å²) in [4.78, 5) is 13.4. The minimum atomic E-state index is -0.451. The highest BCUT2D eigenvalue weighted by Crippen LogP contribution is 2.22. The molecule has 1 saturated heterocycles. The molecular weight excluding hydrogens is 250 g/mol. The van der Waals surface area contributed by atoms with Gasteiger partial charge in [-0.3, -0.25) is 9.69 Å². The van der Waals surface area contributed by atoms with Gasteiger partial charge in [-0.25, -0.2) is 0 Å². The van der Waals surface area contributed by atoms with E-state index >= 15 is 0 Å². The largest absolute Gasteiger partial charge is 0.502 e. The van der Waals surface area contributed by atoms with E-state index < -0.39 is 5.43 Å². The molecule has 1 aromatic rings. The molecule has 6 nitrogen and oxygen atoms in total. The van der Waals surface area contributed by atoms with Crippen LogP contribution < -0.4 is 5.43 Å². The van der Waals surface area contributed by atoms with Gasteiger partial charge in [0.25, 0.3) is 0 Å². The van der Waals surface area contributed by atoms with Gasteiger partial charge in [-0.15, -0.1) is 0 Å². The van der Waals surface area contributed by atoms with E-state index in [0.29, 0.717) is 25.4 Å². The maximum atomic E-state index is 11.3. The highest BCUT2D eigenvalue weighted by Gasteiger charge is 2.33. The van der Waals surface area contributed by atoms with Crippen LogP contribution in [0.3, 0.4) is 0 Å². The van der Waals surface area contributed by atoms with Crippen molar-refractivity contribution >= 4 is 0 Å². The van der Waals surface area contributed by atoms with Crippen molar-refractivity contribution in [3.8, 4) is 5.75 Å². The summed E-state index contributed by atoms with van der Waals surface area (Å²) < 4.78 is 10.9. The maximum Gasteiger partial charge on any atom is 0.226 e. The molecule has 106 valence electrons. The monoisotopic (exact) mass is 269 g/mol. The number of aliphatic hydroxyl groups is 1. The van der Waals surface area contributed by atoms with Crippen LogP contribution in [0, 0.1) is 0 Å². The van der Waals surface area contributed by atoms with E-state index in [2.05, 4.69) is 4.90 Å². The molecule has 2 heterocycles. The predicted molar refractivity (Wildman–Crippen MR) is 68.0 cm³/mol. The topological polar surface area (TPSA) is 83.1 Å². The average Bonchev–Trinajstić information content (AvgIpc) is 2.32. The molecule has 0 bridgehead atoms. The second-order valence-corrected chi connectivity index (χ2v) is 5.45. The van der Waals surface area contributed by atoms with Crippen molar-refractivity contribution in [1.82, 2.24) is 4.90 Å². The molecule has 1 fully saturated rings. The van der Waals surface area contributed by atoms with E-state index in [9.17, 15) is 9.90 Å². The molecular formula is C13H19NO5. The van der Waals surface area contributed by atoms with Crippen LogP contribution in [0.4, 0.5) is 0 Å². The van der Waals surface area contributed by atoms with Gasteiger partial charge in [-0.2, -0.15) is 0 Å². The first-order chi connectivity index (χ1) is 8.89. The number of aromatic hydroxyl groups is 1. The van der Waals surface area contributed by atoms with Gasteiger partial charge in [-0.1, -0.05) is 0 Å². The first-order valence-corrected chi connectivity index (χ1v) is 6.21. The van der Waals surface area contributed by atoms with Crippen LogP contribution >= 0.6 is 0 Å². The van der Waals surface area contributed by atoms with Gasteiger partial charge in [0, 0.05) is 19.2 Å². The lowest BCUT2D eigenvalue weighted by atomic mass is 10.1. The number of hydrogen-bond acceptors (Lipinski definition) is 6. The highest BCUT2D eigenvalue weighted by molar-refractivity contribution is 5.15. The van der Waals surface area contributed by atoms with Crippen LogP contribution in [0.1, 0.15) is 19.6 Å². The van der Waals surface area contributed by atoms with E-state index in [1.807, 2.05) is 13.8 Å². The molecule has 1 aromatic heterocycles. The van der Waals surface area contributed by atoms with Crippen LogP contribution in [-0.2, 0) is 11.3 Å². The normalized spacial score (nSPS) is 23.4. The van der Waals surface area contributed by atoms with E-state index in [1.54, 1.807) is 0 Å². The Labute approximate surface area is 111 Å². The van der Waals surface area contributed by atoms with Crippen LogP contribution in [-0.4, -0.2) is 46.5 Å². The van der Waals surface area contributed by atoms with Crippen molar-refractivity contribution in [1.29, 1.82) is 0 Å². The van der Waals surface area contributed by atoms with Crippen molar-refractivity contribution in [3.63, 3.8) is 0 Å². The summed E-state index contributed by atoms with van der Waals surface area (Å²) in [5, 5.41) is 18.4. The predicted octanol–water partition coefficient (Wildman–Crippen LogP) is 0.317. The van der Waals surface area contributed by atoms with Crippen LogP contribution in [0.25, 0.3) is 0 Å². The fourth-order valence-corrected chi connectivity index (χ4v) is 2.38. The number of hydrogen-bond donors (Lipinski definition) is 2. The van der Waals surface area contributed by atoms with Crippen molar-refractivity contribution in [3.05, 3.63) is 28.3 Å². The van der Waals surface area contributed by atoms with Gasteiger partial charge in [0.05, 0.1) is 24.9 Å². The fraction of sp³-hybridized carbons (Fsp3) is 0.615. The molecule has 0 amide bonds. The molecule has 0 aliphatic carbocycles. The number of rotatable bonds is 3. The minimum Gasteiger partial charge on any atom is -0.502 e. The summed E-state index contributed by atoms with van der Waals surface area (Å²) in [5.74, 6) is 0.0940. The number of nitrogens with zero attached hydrogens (tertiary/aromatic N) is 1. The third-order valence-electron chi connectivity index (χ3n) is 3.00. The van der Waals surface area contributed by atoms with Crippen molar-refractivity contribution < 1.29 is 19.4 Å². The molecule has 0 aromatic carbocycles. The van der Waals surface area contributed by atoms with Crippen molar-refractivity contribution in [2.45, 2.75) is 32.1 Å². The van der Waals surface area contributed by atoms with E-state index in [-0.39, 0.29) is 24.1 Å². The maximum absolute atomic E-state index is 11.3. The lowest BCUT2D eigenvalue weighted by Gasteiger charge is -2.42. The van der Waals surface area contributed by atoms with Crippen LogP contribution in [0.15, 0.2) is 21.5 Å². The summed E-state index contributed by atoms with van der Waals surface area (Å²) in [6.07, 6.45) is 0.805. The standard InChI is InChI=1S/C13H19NO5/c1-13(2)8-14(5-10(6-15)19-13)4-9-3-11(16)12(17)7-18-9/h3,7,10,15,17H,4-6,8H2,1-2H3. The Morgan fingerprint density at radius 1 is 1.53 bits per heavy atom. The molecule has 1 aliphatic rings. The number of aliphatic hydroxyl groups excluding tert-OH is 1. The molecule has 1 aliphatic heterocycles. The highest BCUT2D eigenvalue weighted by atomic mass is 16.5. The van der Waals surface area contributed by atoms with E-state index in [0.717, 1.165) is 6.26 Å². The lowest BCUT2D eigenvalue weighted by Crippen LogP contribution is -2.53. The fourth-order valence-electron chi connectivity index (χ4n) is 2.38. The summed E-state index contributed by atoms with van der Waals surface area (Å²) in [5.41, 5.74) is -0.810. The van der Waals surface area contributed by atoms with Gasteiger partial charge < -0.3 is 19.4 Å². The Hall–Kier alpha value is -1.37. The molecule has 2 rings (SSSR count). The number of morpholine rings is 1. The molecule has 2 N–H and O–H groups in total. The van der Waals surface area contributed by atoms with Crippen molar-refractivity contribution in [2.24, 2.45) is 0 Å². The average molecular weight is 269 g/mol. The summed E-state index contributed by atoms with van der Waals surface area (Å²) in [6, 6.07) is 1.28. The Bertz CT molecular complexity index is 496. The second-order valence-electron chi connectivity index (χ2n) is 5.45. The quantitative estimate of drug-likeness (QED) is 0.822. The molecule has 1 atom stereocenters. The molecule has 1 unspecified atom stereocenters. The van der Waals surface area contributed by atoms with Gasteiger partial charge in [0.15, 0.2) is 5.75 Å². The Balaban J connectivity index is 2.09. The molecule has 0 spiro atoms. The molecule has 0 radical (unpaired) electrons. The zero-order valence-electron chi connectivity index (χ0n) is 11.1. The first-order valence-electron chi connectivity index (χ1n) is 6.21. The van der Waals surface area contributed by atoms with Gasteiger partial charge in [0.2, 0.25) is 5.43 Å². The van der Waals surface area contributed by atoms with E-state index in [4.69, 9.17) is 14.3 Å². The van der Waals surface area contributed by atoms with Gasteiger partial charge >= 0.3 is 0 Å². The number of ether oxygens (including phenoxy) is 1. The molecule has 0 saturated carbocycles. The zero-order valence-corrected chi connectivity index (χ0v) is 11.1.